The molecule has 1 N–H and O–H groups in total. The molecule has 0 spiro atoms. The summed E-state index contributed by atoms with van der Waals surface area (Å²) >= 11 is 0. The van der Waals surface area contributed by atoms with Gasteiger partial charge in [0.25, 0.3) is 0 Å². The van der Waals surface area contributed by atoms with Crippen LogP contribution >= 0.6 is 0 Å². The molecule has 0 radical (unpaired) electrons. The Hall–Kier alpha value is -3.85. The number of nitrogens with one attached hydrogen (secondary N) is 1. The van der Waals surface area contributed by atoms with Crippen molar-refractivity contribution in [3.05, 3.63) is 132 Å². The highest BCUT2D eigenvalue weighted by Crippen LogP contribution is 2.44. The fourth-order valence-corrected chi connectivity index (χ4v) is 5.04. The number of anilines is 2. The largest absolute Gasteiger partial charge is 0.380 e. The molecule has 0 amide bonds. The van der Waals surface area contributed by atoms with Crippen LogP contribution in [-0.2, 0) is 5.54 Å². The van der Waals surface area contributed by atoms with Crippen molar-refractivity contribution < 1.29 is 0 Å². The van der Waals surface area contributed by atoms with E-state index in [9.17, 15) is 0 Å². The zero-order valence-electron chi connectivity index (χ0n) is 19.1. The first kappa shape index (κ1) is 21.0. The zero-order valence-corrected chi connectivity index (χ0v) is 19.1. The van der Waals surface area contributed by atoms with E-state index >= 15 is 0 Å². The first-order chi connectivity index (χ1) is 16.2. The first-order valence-electron chi connectivity index (χ1n) is 11.6. The fourth-order valence-electron chi connectivity index (χ4n) is 5.04. The van der Waals surface area contributed by atoms with Gasteiger partial charge in [0.1, 0.15) is 11.4 Å². The fraction of sp³-hybridized carbons (Fsp3) is 0.167. The first-order valence-corrected chi connectivity index (χ1v) is 11.6. The summed E-state index contributed by atoms with van der Waals surface area (Å²) in [7, 11) is 0. The van der Waals surface area contributed by atoms with Gasteiger partial charge in [0, 0.05) is 16.9 Å². The van der Waals surface area contributed by atoms with Crippen LogP contribution in [0.2, 0.25) is 0 Å². The van der Waals surface area contributed by atoms with E-state index in [-0.39, 0.29) is 12.1 Å². The Labute approximate surface area is 196 Å². The highest BCUT2D eigenvalue weighted by Gasteiger charge is 2.51. The van der Waals surface area contributed by atoms with Crippen molar-refractivity contribution in [1.29, 1.82) is 0 Å². The summed E-state index contributed by atoms with van der Waals surface area (Å²) in [5, 5.41) is 3.76. The molecule has 1 aliphatic heterocycles. The summed E-state index contributed by atoms with van der Waals surface area (Å²) in [5.41, 5.74) is 4.09. The SMILES string of the molecule is CC(Nc1ccccc1)C1(c2ccccc2)N=C(c2ccccc2)N(c2ccccc2)C1C. The van der Waals surface area contributed by atoms with Gasteiger partial charge >= 0.3 is 0 Å². The van der Waals surface area contributed by atoms with E-state index < -0.39 is 5.54 Å². The Morgan fingerprint density at radius 3 is 1.85 bits per heavy atom. The minimum atomic E-state index is -0.488. The minimum absolute atomic E-state index is 0.0460. The number of hydrogen-bond donors (Lipinski definition) is 1. The summed E-state index contributed by atoms with van der Waals surface area (Å²) < 4.78 is 0. The smallest absolute Gasteiger partial charge is 0.136 e. The Morgan fingerprint density at radius 1 is 0.727 bits per heavy atom. The summed E-state index contributed by atoms with van der Waals surface area (Å²) in [6.45, 7) is 4.54. The minimum Gasteiger partial charge on any atom is -0.380 e. The summed E-state index contributed by atoms with van der Waals surface area (Å²) in [4.78, 5) is 7.97. The molecule has 0 saturated carbocycles. The summed E-state index contributed by atoms with van der Waals surface area (Å²) in [6.07, 6.45) is 0. The van der Waals surface area contributed by atoms with Crippen LogP contribution in [0.3, 0.4) is 0 Å². The number of aliphatic imine (C=N–C) groups is 1. The molecular weight excluding hydrogens is 402 g/mol. The highest BCUT2D eigenvalue weighted by atomic mass is 15.3. The van der Waals surface area contributed by atoms with Gasteiger partial charge in [0.15, 0.2) is 0 Å². The van der Waals surface area contributed by atoms with Gasteiger partial charge in [-0.05, 0) is 43.7 Å². The maximum Gasteiger partial charge on any atom is 0.136 e. The van der Waals surface area contributed by atoms with Crippen molar-refractivity contribution in [3.8, 4) is 0 Å². The average Bonchev–Trinajstić information content (AvgIpc) is 3.20. The maximum absolute atomic E-state index is 5.58. The van der Waals surface area contributed by atoms with Gasteiger partial charge in [-0.2, -0.15) is 0 Å². The second kappa shape index (κ2) is 8.95. The topological polar surface area (TPSA) is 27.6 Å². The van der Waals surface area contributed by atoms with Crippen LogP contribution in [0.5, 0.6) is 0 Å². The molecule has 3 heteroatoms. The van der Waals surface area contributed by atoms with Crippen molar-refractivity contribution in [1.82, 2.24) is 0 Å². The van der Waals surface area contributed by atoms with Crippen LogP contribution in [-0.4, -0.2) is 17.9 Å². The molecule has 33 heavy (non-hydrogen) atoms. The summed E-state index contributed by atoms with van der Waals surface area (Å²) in [5.74, 6) is 1.000. The molecule has 3 nitrogen and oxygen atoms in total. The van der Waals surface area contributed by atoms with Crippen LogP contribution in [0.4, 0.5) is 11.4 Å². The van der Waals surface area contributed by atoms with Gasteiger partial charge in [-0.25, -0.2) is 0 Å². The monoisotopic (exact) mass is 431 g/mol. The van der Waals surface area contributed by atoms with Crippen LogP contribution in [0.1, 0.15) is 25.0 Å². The van der Waals surface area contributed by atoms with Crippen molar-refractivity contribution in [2.45, 2.75) is 31.5 Å². The molecule has 1 aliphatic rings. The molecule has 5 rings (SSSR count). The van der Waals surface area contributed by atoms with Gasteiger partial charge in [-0.15, -0.1) is 0 Å². The van der Waals surface area contributed by atoms with E-state index in [1.54, 1.807) is 0 Å². The number of hydrogen-bond acceptors (Lipinski definition) is 3. The molecule has 4 aromatic rings. The number of para-hydroxylation sites is 2. The second-order valence-electron chi connectivity index (χ2n) is 8.61. The predicted molar refractivity (Wildman–Crippen MR) is 139 cm³/mol. The van der Waals surface area contributed by atoms with Crippen molar-refractivity contribution in [2.75, 3.05) is 10.2 Å². The standard InChI is InChI=1S/C30H29N3/c1-23(31-27-19-11-5-12-20-27)30(26-17-9-4-10-18-26)24(2)33(28-21-13-6-14-22-28)29(32-30)25-15-7-3-8-16-25/h3-24,31H,1-2H3. The molecule has 4 aromatic carbocycles. The highest BCUT2D eigenvalue weighted by molar-refractivity contribution is 6.12. The van der Waals surface area contributed by atoms with Crippen LogP contribution < -0.4 is 10.2 Å². The van der Waals surface area contributed by atoms with E-state index in [1.807, 2.05) is 6.07 Å². The summed E-state index contributed by atoms with van der Waals surface area (Å²) in [6, 6.07) is 42.4. The van der Waals surface area contributed by atoms with Crippen molar-refractivity contribution in [3.63, 3.8) is 0 Å². The normalized spacial score (nSPS) is 20.8. The molecule has 164 valence electrons. The van der Waals surface area contributed by atoms with Gasteiger partial charge in [0.2, 0.25) is 0 Å². The second-order valence-corrected chi connectivity index (χ2v) is 8.61. The van der Waals surface area contributed by atoms with E-state index in [0.717, 1.165) is 22.8 Å². The lowest BCUT2D eigenvalue weighted by molar-refractivity contribution is 0.355. The maximum atomic E-state index is 5.58. The Balaban J connectivity index is 1.70. The molecule has 1 heterocycles. The van der Waals surface area contributed by atoms with Crippen LogP contribution in [0, 0.1) is 0 Å². The molecule has 0 fully saturated rings. The lowest BCUT2D eigenvalue weighted by Crippen LogP contribution is -2.51. The third kappa shape index (κ3) is 3.80. The Morgan fingerprint density at radius 2 is 1.24 bits per heavy atom. The molecule has 0 aliphatic carbocycles. The number of rotatable bonds is 6. The molecule has 0 bridgehead atoms. The quantitative estimate of drug-likeness (QED) is 0.366. The van der Waals surface area contributed by atoms with E-state index in [0.29, 0.717) is 0 Å². The Bertz CT molecular complexity index is 1210. The lowest BCUT2D eigenvalue weighted by atomic mass is 9.78. The predicted octanol–water partition coefficient (Wildman–Crippen LogP) is 6.74. The lowest BCUT2D eigenvalue weighted by Gasteiger charge is -2.40. The molecule has 0 saturated heterocycles. The third-order valence-electron chi connectivity index (χ3n) is 6.66. The van der Waals surface area contributed by atoms with Gasteiger partial charge < -0.3 is 10.2 Å². The number of benzene rings is 4. The van der Waals surface area contributed by atoms with E-state index in [1.165, 1.54) is 5.56 Å². The molecule has 3 atom stereocenters. The van der Waals surface area contributed by atoms with Crippen LogP contribution in [0.25, 0.3) is 0 Å². The Kier molecular flexibility index (Phi) is 5.70. The molecule has 0 aromatic heterocycles. The van der Waals surface area contributed by atoms with E-state index in [4.69, 9.17) is 4.99 Å². The third-order valence-corrected chi connectivity index (χ3v) is 6.66. The van der Waals surface area contributed by atoms with Crippen molar-refractivity contribution >= 4 is 17.2 Å². The van der Waals surface area contributed by atoms with Gasteiger partial charge in [0.05, 0.1) is 12.1 Å². The number of amidine groups is 1. The van der Waals surface area contributed by atoms with Crippen LogP contribution in [0.15, 0.2) is 126 Å². The number of nitrogens with zero attached hydrogens (tertiary/aromatic N) is 2. The van der Waals surface area contributed by atoms with Gasteiger partial charge in [-0.3, -0.25) is 4.99 Å². The van der Waals surface area contributed by atoms with Crippen molar-refractivity contribution in [2.24, 2.45) is 4.99 Å². The average molecular weight is 432 g/mol. The zero-order chi connectivity index (χ0) is 22.7. The van der Waals surface area contributed by atoms with Gasteiger partial charge in [-0.1, -0.05) is 97.1 Å². The molecular formula is C30H29N3. The van der Waals surface area contributed by atoms with E-state index in [2.05, 4.69) is 139 Å². The molecule has 3 unspecified atom stereocenters.